The van der Waals surface area contributed by atoms with Crippen LogP contribution in [0.15, 0.2) is 54.1 Å². The number of fused-ring (bicyclic) bond motifs is 1. The number of nitrogens with zero attached hydrogens (tertiary/aromatic N) is 6. The van der Waals surface area contributed by atoms with Crippen LogP contribution in [-0.2, 0) is 16.3 Å². The van der Waals surface area contributed by atoms with Gasteiger partial charge in [-0.15, -0.1) is 0 Å². The molecule has 0 spiro atoms. The van der Waals surface area contributed by atoms with E-state index < -0.39 is 15.7 Å². The zero-order chi connectivity index (χ0) is 24.6. The number of aryl methyl sites for hydroxylation is 1. The van der Waals surface area contributed by atoms with Gasteiger partial charge in [0.05, 0.1) is 0 Å². The van der Waals surface area contributed by atoms with Crippen LogP contribution in [0.1, 0.15) is 36.9 Å². The van der Waals surface area contributed by atoms with Crippen LogP contribution in [0.4, 0.5) is 21.8 Å². The molecular formula is C24H26FN7O2S. The molecule has 0 atom stereocenters. The predicted octanol–water partition coefficient (Wildman–Crippen LogP) is 3.75. The number of piperidine rings is 1. The number of nitrogens with one attached hydrogen (secondary N) is 1. The molecule has 1 aliphatic heterocycles. The van der Waals surface area contributed by atoms with Crippen LogP contribution in [0.3, 0.4) is 0 Å². The Kier molecular flexibility index (Phi) is 6.10. The molecule has 1 saturated heterocycles. The van der Waals surface area contributed by atoms with Crippen molar-refractivity contribution < 1.29 is 12.8 Å². The molecule has 1 aromatic carbocycles. The molecule has 3 aromatic heterocycles. The predicted molar refractivity (Wildman–Crippen MR) is 131 cm³/mol. The molecule has 0 aliphatic carbocycles. The van der Waals surface area contributed by atoms with Gasteiger partial charge in [0.1, 0.15) is 10.7 Å². The molecule has 1 aliphatic rings. The van der Waals surface area contributed by atoms with Crippen LogP contribution in [-0.4, -0.2) is 52.1 Å². The smallest absolute Gasteiger partial charge is 0.225 e. The Labute approximate surface area is 203 Å². The fraction of sp³-hybridized carbons (Fsp3) is 0.333. The highest BCUT2D eigenvalue weighted by atomic mass is 32.2. The van der Waals surface area contributed by atoms with Crippen LogP contribution >= 0.6 is 0 Å². The fourth-order valence-corrected chi connectivity index (χ4v) is 5.14. The molecule has 1 fully saturated rings. The van der Waals surface area contributed by atoms with Crippen molar-refractivity contribution in [3.8, 4) is 0 Å². The number of rotatable bonds is 6. The first kappa shape index (κ1) is 23.2. The lowest BCUT2D eigenvalue weighted by molar-refractivity contribution is 0.488. The number of hydrogen-bond donors (Lipinski definition) is 1. The van der Waals surface area contributed by atoms with E-state index in [0.29, 0.717) is 23.1 Å². The van der Waals surface area contributed by atoms with E-state index in [4.69, 9.17) is 0 Å². The summed E-state index contributed by atoms with van der Waals surface area (Å²) in [7, 11) is -3.64. The van der Waals surface area contributed by atoms with Gasteiger partial charge >= 0.3 is 0 Å². The zero-order valence-corrected chi connectivity index (χ0v) is 20.3. The number of sulfone groups is 1. The highest BCUT2D eigenvalue weighted by Crippen LogP contribution is 2.31. The first-order valence-electron chi connectivity index (χ1n) is 11.5. The molecule has 182 valence electrons. The SMILES string of the molecule is CCc1cnc(N2CCC(c3cnc4c(Nc5ccc(S(C)(=O)=O)c(F)c5)nccn34)CC2)nc1. The quantitative estimate of drug-likeness (QED) is 0.431. The van der Waals surface area contributed by atoms with Crippen molar-refractivity contribution in [2.24, 2.45) is 0 Å². The third kappa shape index (κ3) is 4.68. The minimum atomic E-state index is -3.64. The molecule has 11 heteroatoms. The van der Waals surface area contributed by atoms with E-state index in [1.54, 1.807) is 6.20 Å². The first-order chi connectivity index (χ1) is 16.8. The maximum absolute atomic E-state index is 14.3. The van der Waals surface area contributed by atoms with Crippen molar-refractivity contribution in [2.75, 3.05) is 29.6 Å². The van der Waals surface area contributed by atoms with Crippen molar-refractivity contribution in [3.63, 3.8) is 0 Å². The lowest BCUT2D eigenvalue weighted by Crippen LogP contribution is -2.34. The molecule has 5 rings (SSSR count). The van der Waals surface area contributed by atoms with Crippen LogP contribution in [0.2, 0.25) is 0 Å². The van der Waals surface area contributed by atoms with Crippen molar-refractivity contribution in [2.45, 2.75) is 37.0 Å². The van der Waals surface area contributed by atoms with Crippen molar-refractivity contribution >= 4 is 32.9 Å². The Bertz CT molecular complexity index is 1460. The molecule has 4 aromatic rings. The van der Waals surface area contributed by atoms with E-state index in [2.05, 4.69) is 37.1 Å². The lowest BCUT2D eigenvalue weighted by Gasteiger charge is -2.31. The second-order valence-corrected chi connectivity index (χ2v) is 10.7. The minimum Gasteiger partial charge on any atom is -0.341 e. The van der Waals surface area contributed by atoms with Crippen LogP contribution in [0.25, 0.3) is 5.65 Å². The van der Waals surface area contributed by atoms with Gasteiger partial charge in [0.25, 0.3) is 0 Å². The lowest BCUT2D eigenvalue weighted by atomic mass is 9.94. The second kappa shape index (κ2) is 9.21. The molecule has 0 saturated carbocycles. The topological polar surface area (TPSA) is 105 Å². The van der Waals surface area contributed by atoms with Gasteiger partial charge in [-0.2, -0.15) is 0 Å². The Morgan fingerprint density at radius 2 is 1.83 bits per heavy atom. The molecule has 0 bridgehead atoms. The van der Waals surface area contributed by atoms with E-state index in [9.17, 15) is 12.8 Å². The maximum Gasteiger partial charge on any atom is 0.225 e. The van der Waals surface area contributed by atoms with Gasteiger partial charge in [0.2, 0.25) is 5.95 Å². The number of halogens is 1. The van der Waals surface area contributed by atoms with E-state index >= 15 is 0 Å². The molecule has 1 N–H and O–H groups in total. The second-order valence-electron chi connectivity index (χ2n) is 8.70. The summed E-state index contributed by atoms with van der Waals surface area (Å²) in [5, 5.41) is 3.07. The largest absolute Gasteiger partial charge is 0.341 e. The Morgan fingerprint density at radius 1 is 1.09 bits per heavy atom. The van der Waals surface area contributed by atoms with Gasteiger partial charge in [-0.3, -0.25) is 4.40 Å². The average Bonchev–Trinajstić information content (AvgIpc) is 3.29. The number of imidazole rings is 1. The molecule has 4 heterocycles. The summed E-state index contributed by atoms with van der Waals surface area (Å²) < 4.78 is 39.7. The van der Waals surface area contributed by atoms with E-state index in [1.807, 2.05) is 29.2 Å². The number of anilines is 3. The maximum atomic E-state index is 14.3. The van der Waals surface area contributed by atoms with Crippen LogP contribution in [0, 0.1) is 5.82 Å². The highest BCUT2D eigenvalue weighted by molar-refractivity contribution is 7.90. The molecule has 0 unspecified atom stereocenters. The van der Waals surface area contributed by atoms with Gasteiger partial charge in [-0.05, 0) is 43.0 Å². The zero-order valence-electron chi connectivity index (χ0n) is 19.5. The van der Waals surface area contributed by atoms with Gasteiger partial charge in [-0.1, -0.05) is 6.92 Å². The normalized spacial score (nSPS) is 15.0. The average molecular weight is 496 g/mol. The number of aromatic nitrogens is 5. The van der Waals surface area contributed by atoms with Crippen LogP contribution in [0.5, 0.6) is 0 Å². The van der Waals surface area contributed by atoms with Crippen LogP contribution < -0.4 is 10.2 Å². The Morgan fingerprint density at radius 3 is 2.49 bits per heavy atom. The molecule has 9 nitrogen and oxygen atoms in total. The molecule has 35 heavy (non-hydrogen) atoms. The van der Waals surface area contributed by atoms with Gasteiger partial charge in [0, 0.05) is 67.6 Å². The summed E-state index contributed by atoms with van der Waals surface area (Å²) in [4.78, 5) is 19.8. The van der Waals surface area contributed by atoms with E-state index in [0.717, 1.165) is 61.9 Å². The van der Waals surface area contributed by atoms with E-state index in [1.165, 1.54) is 12.1 Å². The third-order valence-corrected chi connectivity index (χ3v) is 7.48. The summed E-state index contributed by atoms with van der Waals surface area (Å²) in [6.45, 7) is 3.79. The Hall–Kier alpha value is -3.60. The fourth-order valence-electron chi connectivity index (χ4n) is 4.41. The van der Waals surface area contributed by atoms with Gasteiger partial charge < -0.3 is 10.2 Å². The number of hydrogen-bond acceptors (Lipinski definition) is 8. The van der Waals surface area contributed by atoms with Gasteiger partial charge in [-0.25, -0.2) is 32.7 Å². The highest BCUT2D eigenvalue weighted by Gasteiger charge is 2.25. The third-order valence-electron chi connectivity index (χ3n) is 6.35. The van der Waals surface area contributed by atoms with E-state index in [-0.39, 0.29) is 4.90 Å². The van der Waals surface area contributed by atoms with Crippen molar-refractivity contribution in [1.82, 2.24) is 24.3 Å². The summed E-state index contributed by atoms with van der Waals surface area (Å²) >= 11 is 0. The Balaban J connectivity index is 1.33. The van der Waals surface area contributed by atoms with Gasteiger partial charge in [0.15, 0.2) is 21.3 Å². The standard InChI is InChI=1S/C24H26FN7O2S/c1-3-16-13-28-24(29-14-16)31-9-6-17(7-10-31)20-15-27-23-22(26-8-11-32(20)23)30-18-4-5-21(19(25)12-18)35(2,33)34/h4-5,8,11-15,17H,3,6-7,9-10H2,1-2H3,(H,26,30). The minimum absolute atomic E-state index is 0.318. The summed E-state index contributed by atoms with van der Waals surface area (Å²) in [6, 6.07) is 3.91. The summed E-state index contributed by atoms with van der Waals surface area (Å²) in [6.07, 6.45) is 13.0. The summed E-state index contributed by atoms with van der Waals surface area (Å²) in [5.74, 6) is 0.738. The molecular weight excluding hydrogens is 469 g/mol. The monoisotopic (exact) mass is 495 g/mol. The first-order valence-corrected chi connectivity index (χ1v) is 13.4. The summed E-state index contributed by atoms with van der Waals surface area (Å²) in [5.41, 5.74) is 3.23. The molecule has 0 amide bonds. The molecule has 0 radical (unpaired) electrons. The number of benzene rings is 1. The van der Waals surface area contributed by atoms with Crippen molar-refractivity contribution in [1.29, 1.82) is 0 Å². The van der Waals surface area contributed by atoms with Crippen molar-refractivity contribution in [3.05, 3.63) is 66.3 Å².